The third-order valence-electron chi connectivity index (χ3n) is 2.40. The summed E-state index contributed by atoms with van der Waals surface area (Å²) in [4.78, 5) is 1.53. The summed E-state index contributed by atoms with van der Waals surface area (Å²) >= 11 is 1.77. The van der Waals surface area contributed by atoms with Crippen LogP contribution in [0.25, 0.3) is 0 Å². The van der Waals surface area contributed by atoms with Crippen molar-refractivity contribution in [3.8, 4) is 0 Å². The summed E-state index contributed by atoms with van der Waals surface area (Å²) in [5.41, 5.74) is 0. The Kier molecular flexibility index (Phi) is 7.46. The van der Waals surface area contributed by atoms with E-state index < -0.39 is 13.4 Å². The zero-order valence-electron chi connectivity index (χ0n) is 9.60. The summed E-state index contributed by atoms with van der Waals surface area (Å²) in [5, 5.41) is 0. The second-order valence-corrected chi connectivity index (χ2v) is 6.17. The Morgan fingerprint density at radius 2 is 1.87 bits per heavy atom. The Morgan fingerprint density at radius 1 is 1.27 bits per heavy atom. The van der Waals surface area contributed by atoms with E-state index in [2.05, 4.69) is 13.8 Å². The van der Waals surface area contributed by atoms with Crippen LogP contribution in [-0.2, 0) is 0 Å². The second kappa shape index (κ2) is 6.66. The first-order valence-corrected chi connectivity index (χ1v) is 5.84. The van der Waals surface area contributed by atoms with Crippen LogP contribution in [0, 0.1) is 0 Å². The van der Waals surface area contributed by atoms with Crippen LogP contribution < -0.4 is 51.4 Å². The Labute approximate surface area is 136 Å². The van der Waals surface area contributed by atoms with Crippen LogP contribution in [0.4, 0.5) is 12.9 Å². The summed E-state index contributed by atoms with van der Waals surface area (Å²) in [5.74, 6) is 0.805. The zero-order chi connectivity index (χ0) is 10.8. The molecule has 0 aromatic heterocycles. The Morgan fingerprint density at radius 3 is 2.40 bits per heavy atom. The largest absolute Gasteiger partial charge is 1.00 e. The van der Waals surface area contributed by atoms with Crippen molar-refractivity contribution in [1.82, 2.24) is 4.90 Å². The molecule has 1 rings (SSSR count). The third-order valence-corrected chi connectivity index (χ3v) is 3.77. The van der Waals surface area contributed by atoms with Gasteiger partial charge in [0.05, 0.1) is 0 Å². The molecule has 0 aromatic rings. The van der Waals surface area contributed by atoms with Crippen molar-refractivity contribution in [3.63, 3.8) is 0 Å². The molecule has 15 heavy (non-hydrogen) atoms. The number of thioether (sulfide) groups is 1. The average molecular weight is 265 g/mol. The summed E-state index contributed by atoms with van der Waals surface area (Å²) in [7, 11) is 0. The fourth-order valence-electron chi connectivity index (χ4n) is 1.54. The number of hydrogen-bond acceptors (Lipinski definition) is 2. The van der Waals surface area contributed by atoms with E-state index in [4.69, 9.17) is 0 Å². The Bertz CT molecular complexity index is 201. The fourth-order valence-corrected chi connectivity index (χ4v) is 2.68. The standard InChI is InChI=1S/C8H16BF3NS.K/c1-8(2)3-4-13(5-6-14-8)7-9(10,11)12;/h3-7H2,1-2H3;/q-1;+1. The molecule has 1 saturated heterocycles. The van der Waals surface area contributed by atoms with Crippen LogP contribution in [0.3, 0.4) is 0 Å². The third kappa shape index (κ3) is 7.68. The van der Waals surface area contributed by atoms with Crippen molar-refractivity contribution in [2.24, 2.45) is 0 Å². The van der Waals surface area contributed by atoms with E-state index in [1.54, 1.807) is 11.8 Å². The van der Waals surface area contributed by atoms with Gasteiger partial charge in [-0.1, -0.05) is 13.8 Å². The maximum absolute atomic E-state index is 12.2. The second-order valence-electron chi connectivity index (χ2n) is 4.37. The summed E-state index contributed by atoms with van der Waals surface area (Å²) in [6.45, 7) is 0.670. The molecule has 84 valence electrons. The number of halogens is 3. The van der Waals surface area contributed by atoms with Gasteiger partial charge in [-0.05, 0) is 19.4 Å². The summed E-state index contributed by atoms with van der Waals surface area (Å²) in [6, 6.07) is 0. The molecule has 1 nitrogen and oxygen atoms in total. The van der Waals surface area contributed by atoms with Crippen LogP contribution in [-0.4, -0.2) is 41.9 Å². The molecule has 0 radical (unpaired) electrons. The molecule has 0 saturated carbocycles. The average Bonchev–Trinajstić information content (AvgIpc) is 2.10. The first-order chi connectivity index (χ1) is 6.29. The minimum Gasteiger partial charge on any atom is -0.448 e. The molecular formula is C8H16BF3KNS. The van der Waals surface area contributed by atoms with Crippen LogP contribution >= 0.6 is 11.8 Å². The molecule has 0 bridgehead atoms. The van der Waals surface area contributed by atoms with E-state index in [9.17, 15) is 12.9 Å². The van der Waals surface area contributed by atoms with Crippen molar-refractivity contribution in [3.05, 3.63) is 0 Å². The van der Waals surface area contributed by atoms with Crippen LogP contribution in [0.15, 0.2) is 0 Å². The maximum Gasteiger partial charge on any atom is 1.00 e. The minimum atomic E-state index is -4.66. The molecule has 0 aromatic carbocycles. The van der Waals surface area contributed by atoms with Crippen molar-refractivity contribution < 1.29 is 64.3 Å². The first-order valence-electron chi connectivity index (χ1n) is 4.86. The Hall–Kier alpha value is 1.80. The molecule has 1 heterocycles. The van der Waals surface area contributed by atoms with Gasteiger partial charge in [-0.3, -0.25) is 0 Å². The topological polar surface area (TPSA) is 3.24 Å². The number of hydrogen-bond donors (Lipinski definition) is 0. The van der Waals surface area contributed by atoms with Gasteiger partial charge in [0, 0.05) is 17.0 Å². The molecular weight excluding hydrogens is 249 g/mol. The van der Waals surface area contributed by atoms with E-state index in [0.29, 0.717) is 13.1 Å². The van der Waals surface area contributed by atoms with Crippen LogP contribution in [0.1, 0.15) is 20.3 Å². The van der Waals surface area contributed by atoms with Crippen LogP contribution in [0.2, 0.25) is 0 Å². The summed E-state index contributed by atoms with van der Waals surface area (Å²) in [6.07, 6.45) is 0.139. The van der Waals surface area contributed by atoms with Gasteiger partial charge in [0.2, 0.25) is 0 Å². The molecule has 0 unspecified atom stereocenters. The van der Waals surface area contributed by atoms with E-state index >= 15 is 0 Å². The van der Waals surface area contributed by atoms with E-state index in [1.807, 2.05) is 0 Å². The van der Waals surface area contributed by atoms with Crippen LogP contribution in [0.5, 0.6) is 0 Å². The minimum absolute atomic E-state index is 0. The van der Waals surface area contributed by atoms with E-state index in [-0.39, 0.29) is 56.1 Å². The normalized spacial score (nSPS) is 23.0. The van der Waals surface area contributed by atoms with Crippen molar-refractivity contribution in [2.75, 3.05) is 25.3 Å². The molecule has 0 atom stereocenters. The van der Waals surface area contributed by atoms with Gasteiger partial charge in [-0.15, -0.1) is 0 Å². The number of rotatable bonds is 2. The van der Waals surface area contributed by atoms with E-state index in [1.165, 1.54) is 4.90 Å². The van der Waals surface area contributed by atoms with Gasteiger partial charge in [0.15, 0.2) is 0 Å². The Balaban J connectivity index is 0.00000196. The van der Waals surface area contributed by atoms with Gasteiger partial charge in [-0.25, -0.2) is 0 Å². The van der Waals surface area contributed by atoms with Gasteiger partial charge >= 0.3 is 58.4 Å². The smallest absolute Gasteiger partial charge is 0.448 e. The first kappa shape index (κ1) is 16.8. The van der Waals surface area contributed by atoms with Crippen molar-refractivity contribution in [1.29, 1.82) is 0 Å². The van der Waals surface area contributed by atoms with Gasteiger partial charge in [0.1, 0.15) is 0 Å². The molecule has 1 aliphatic rings. The molecule has 1 aliphatic heterocycles. The fraction of sp³-hybridized carbons (Fsp3) is 1.00. The van der Waals surface area contributed by atoms with Gasteiger partial charge in [-0.2, -0.15) is 11.8 Å². The van der Waals surface area contributed by atoms with Gasteiger partial charge in [0.25, 0.3) is 0 Å². The molecule has 0 aliphatic carbocycles. The van der Waals surface area contributed by atoms with Crippen molar-refractivity contribution in [2.45, 2.75) is 25.0 Å². The zero-order valence-corrected chi connectivity index (χ0v) is 13.5. The van der Waals surface area contributed by atoms with Gasteiger partial charge < -0.3 is 17.8 Å². The van der Waals surface area contributed by atoms with Crippen molar-refractivity contribution >= 4 is 18.7 Å². The molecule has 1 fully saturated rings. The van der Waals surface area contributed by atoms with E-state index in [0.717, 1.165) is 12.2 Å². The SMILES string of the molecule is CC1(C)CCN(C[B-](F)(F)F)CCS1.[K+]. The molecule has 0 amide bonds. The molecule has 7 heteroatoms. The maximum atomic E-state index is 12.2. The quantitative estimate of drug-likeness (QED) is 0.625. The summed E-state index contributed by atoms with van der Waals surface area (Å²) < 4.78 is 36.7. The molecule has 0 N–H and O–H groups in total. The predicted octanol–water partition coefficient (Wildman–Crippen LogP) is -0.405. The predicted molar refractivity (Wildman–Crippen MR) is 56.7 cm³/mol. The monoisotopic (exact) mass is 265 g/mol. The number of nitrogens with zero attached hydrogens (tertiary/aromatic N) is 1. The molecule has 0 spiro atoms.